The fourth-order valence-electron chi connectivity index (χ4n) is 0.436. The fourth-order valence-corrected chi connectivity index (χ4v) is 0.436. The molecule has 3 nitrogen and oxygen atoms in total. The zero-order chi connectivity index (χ0) is 7.98. The second kappa shape index (κ2) is 4.49. The molecule has 0 saturated carbocycles. The van der Waals surface area contributed by atoms with Crippen LogP contribution in [0.2, 0.25) is 0 Å². The van der Waals surface area contributed by atoms with Crippen molar-refractivity contribution in [3.63, 3.8) is 0 Å². The Morgan fingerprint density at radius 1 is 1.70 bits per heavy atom. The van der Waals surface area contributed by atoms with Crippen LogP contribution in [-0.4, -0.2) is 24.3 Å². The van der Waals surface area contributed by atoms with Crippen molar-refractivity contribution in [3.05, 3.63) is 24.3 Å². The van der Waals surface area contributed by atoms with E-state index in [2.05, 4.69) is 11.6 Å². The number of hydrogen-bond donors (Lipinski definition) is 1. The average Bonchev–Trinajstić information content (AvgIpc) is 1.87. The third kappa shape index (κ3) is 2.81. The van der Waals surface area contributed by atoms with Gasteiger partial charge in [-0.15, -0.1) is 0 Å². The zero-order valence-corrected chi connectivity index (χ0v) is 5.74. The van der Waals surface area contributed by atoms with Crippen LogP contribution in [-0.2, 0) is 4.79 Å². The van der Waals surface area contributed by atoms with Crippen LogP contribution in [0.15, 0.2) is 29.3 Å². The molecular weight excluding hydrogens is 130 g/mol. The van der Waals surface area contributed by atoms with Gasteiger partial charge in [-0.25, -0.2) is 4.79 Å². The summed E-state index contributed by atoms with van der Waals surface area (Å²) in [6, 6.07) is 0. The summed E-state index contributed by atoms with van der Waals surface area (Å²) in [5, 5.41) is 8.43. The number of allylic oxidation sites excluding steroid dienone is 2. The van der Waals surface area contributed by atoms with E-state index in [1.165, 1.54) is 25.4 Å². The molecule has 0 aliphatic rings. The minimum absolute atomic E-state index is 0.137. The van der Waals surface area contributed by atoms with E-state index >= 15 is 0 Å². The molecule has 54 valence electrons. The number of carboxylic acid groups (broad SMARTS) is 1. The number of hydrogen-bond acceptors (Lipinski definition) is 2. The van der Waals surface area contributed by atoms with Crippen LogP contribution in [0.3, 0.4) is 0 Å². The second-order valence-corrected chi connectivity index (χ2v) is 1.55. The summed E-state index contributed by atoms with van der Waals surface area (Å²) in [7, 11) is 1.51. The Morgan fingerprint density at radius 2 is 2.30 bits per heavy atom. The average molecular weight is 139 g/mol. The first-order valence-corrected chi connectivity index (χ1v) is 2.70. The third-order valence-corrected chi connectivity index (χ3v) is 0.813. The van der Waals surface area contributed by atoms with Crippen LogP contribution in [0, 0.1) is 0 Å². The number of aliphatic imine (C=N–C) groups is 1. The maximum absolute atomic E-state index is 10.3. The number of nitrogens with zero attached hydrogens (tertiary/aromatic N) is 1. The van der Waals surface area contributed by atoms with Gasteiger partial charge in [0.15, 0.2) is 0 Å². The van der Waals surface area contributed by atoms with Crippen molar-refractivity contribution in [1.29, 1.82) is 0 Å². The molecule has 0 spiro atoms. The molecule has 0 rings (SSSR count). The number of rotatable bonds is 3. The minimum Gasteiger partial charge on any atom is -0.478 e. The number of carboxylic acids is 1. The Hall–Kier alpha value is -1.38. The Labute approximate surface area is 59.4 Å². The molecule has 0 aliphatic heterocycles. The zero-order valence-electron chi connectivity index (χ0n) is 5.74. The molecule has 0 atom stereocenters. The standard InChI is InChI=1S/C7H9NO2/c1-3-4-6(5-8-2)7(9)10/h3-5H,1H2,2H3,(H,9,10)/b6-4+,8-5+. The summed E-state index contributed by atoms with van der Waals surface area (Å²) in [6.45, 7) is 3.36. The van der Waals surface area contributed by atoms with Gasteiger partial charge in [-0.1, -0.05) is 12.7 Å². The first kappa shape index (κ1) is 8.62. The predicted molar refractivity (Wildman–Crippen MR) is 40.3 cm³/mol. The predicted octanol–water partition coefficient (Wildman–Crippen LogP) is 0.884. The summed E-state index contributed by atoms with van der Waals surface area (Å²) in [4.78, 5) is 13.8. The molecule has 0 aliphatic carbocycles. The quantitative estimate of drug-likeness (QED) is 0.358. The molecule has 0 unspecified atom stereocenters. The van der Waals surface area contributed by atoms with Gasteiger partial charge in [0.05, 0.1) is 5.57 Å². The van der Waals surface area contributed by atoms with Crippen molar-refractivity contribution in [2.75, 3.05) is 7.05 Å². The van der Waals surface area contributed by atoms with E-state index < -0.39 is 5.97 Å². The molecule has 0 aromatic rings. The molecule has 0 aromatic carbocycles. The lowest BCUT2D eigenvalue weighted by atomic mass is 10.3. The first-order valence-electron chi connectivity index (χ1n) is 2.70. The van der Waals surface area contributed by atoms with Crippen molar-refractivity contribution in [1.82, 2.24) is 0 Å². The highest BCUT2D eigenvalue weighted by Crippen LogP contribution is 1.89. The smallest absolute Gasteiger partial charge is 0.337 e. The largest absolute Gasteiger partial charge is 0.478 e. The van der Waals surface area contributed by atoms with E-state index in [1.54, 1.807) is 0 Å². The maximum Gasteiger partial charge on any atom is 0.337 e. The molecule has 0 heterocycles. The van der Waals surface area contributed by atoms with Crippen molar-refractivity contribution in [2.24, 2.45) is 4.99 Å². The molecule has 0 saturated heterocycles. The summed E-state index contributed by atoms with van der Waals surface area (Å²) >= 11 is 0. The SMILES string of the molecule is C=C/C=C(\C=N\C)C(=O)O. The lowest BCUT2D eigenvalue weighted by Gasteiger charge is -1.88. The Balaban J connectivity index is 4.41. The molecule has 0 fully saturated rings. The van der Waals surface area contributed by atoms with E-state index in [0.29, 0.717) is 0 Å². The van der Waals surface area contributed by atoms with Crippen molar-refractivity contribution >= 4 is 12.2 Å². The van der Waals surface area contributed by atoms with Gasteiger partial charge in [0, 0.05) is 13.3 Å². The molecule has 0 bridgehead atoms. The highest BCUT2D eigenvalue weighted by molar-refractivity contribution is 6.08. The van der Waals surface area contributed by atoms with Gasteiger partial charge in [0.2, 0.25) is 0 Å². The minimum atomic E-state index is -0.995. The molecule has 0 radical (unpaired) electrons. The Bertz CT molecular complexity index is 192. The molecule has 10 heavy (non-hydrogen) atoms. The highest BCUT2D eigenvalue weighted by atomic mass is 16.4. The maximum atomic E-state index is 10.3. The third-order valence-electron chi connectivity index (χ3n) is 0.813. The van der Waals surface area contributed by atoms with Gasteiger partial charge in [-0.05, 0) is 6.08 Å². The lowest BCUT2D eigenvalue weighted by molar-refractivity contribution is -0.132. The fraction of sp³-hybridized carbons (Fsp3) is 0.143. The van der Waals surface area contributed by atoms with Gasteiger partial charge in [-0.2, -0.15) is 0 Å². The van der Waals surface area contributed by atoms with Gasteiger partial charge in [0.25, 0.3) is 0 Å². The van der Waals surface area contributed by atoms with Crippen LogP contribution in [0.5, 0.6) is 0 Å². The summed E-state index contributed by atoms with van der Waals surface area (Å²) < 4.78 is 0. The second-order valence-electron chi connectivity index (χ2n) is 1.55. The van der Waals surface area contributed by atoms with E-state index in [1.807, 2.05) is 0 Å². The molecule has 0 amide bonds. The van der Waals surface area contributed by atoms with Crippen LogP contribution in [0.4, 0.5) is 0 Å². The highest BCUT2D eigenvalue weighted by Gasteiger charge is 1.99. The van der Waals surface area contributed by atoms with Crippen molar-refractivity contribution in [3.8, 4) is 0 Å². The molecule has 3 heteroatoms. The van der Waals surface area contributed by atoms with Gasteiger partial charge < -0.3 is 5.11 Å². The summed E-state index contributed by atoms with van der Waals surface area (Å²) in [6.07, 6.45) is 4.06. The monoisotopic (exact) mass is 139 g/mol. The number of aliphatic carboxylic acids is 1. The van der Waals surface area contributed by atoms with Crippen molar-refractivity contribution in [2.45, 2.75) is 0 Å². The summed E-state index contributed by atoms with van der Waals surface area (Å²) in [5.41, 5.74) is 0.137. The van der Waals surface area contributed by atoms with Crippen LogP contribution < -0.4 is 0 Å². The number of carbonyl (C=O) groups is 1. The first-order chi connectivity index (χ1) is 4.72. The van der Waals surface area contributed by atoms with Gasteiger partial charge in [-0.3, -0.25) is 4.99 Å². The Morgan fingerprint density at radius 3 is 2.60 bits per heavy atom. The summed E-state index contributed by atoms with van der Waals surface area (Å²) in [5.74, 6) is -0.995. The molecule has 0 aromatic heterocycles. The lowest BCUT2D eigenvalue weighted by Crippen LogP contribution is -2.00. The molecule has 1 N–H and O–H groups in total. The Kier molecular flexibility index (Phi) is 3.87. The topological polar surface area (TPSA) is 49.7 Å². The molecular formula is C7H9NO2. The van der Waals surface area contributed by atoms with Crippen LogP contribution in [0.25, 0.3) is 0 Å². The van der Waals surface area contributed by atoms with Crippen LogP contribution >= 0.6 is 0 Å². The van der Waals surface area contributed by atoms with Gasteiger partial charge >= 0.3 is 5.97 Å². The normalized spacial score (nSPS) is 11.9. The van der Waals surface area contributed by atoms with E-state index in [0.717, 1.165) is 0 Å². The van der Waals surface area contributed by atoms with Gasteiger partial charge in [0.1, 0.15) is 0 Å². The van der Waals surface area contributed by atoms with E-state index in [9.17, 15) is 4.79 Å². The van der Waals surface area contributed by atoms with Crippen LogP contribution in [0.1, 0.15) is 0 Å². The van der Waals surface area contributed by atoms with E-state index in [4.69, 9.17) is 5.11 Å². The van der Waals surface area contributed by atoms with E-state index in [-0.39, 0.29) is 5.57 Å². The van der Waals surface area contributed by atoms with Crippen molar-refractivity contribution < 1.29 is 9.90 Å².